The van der Waals surface area contributed by atoms with E-state index in [2.05, 4.69) is 15.9 Å². The molecule has 0 radical (unpaired) electrons. The van der Waals surface area contributed by atoms with E-state index in [-0.39, 0.29) is 17.6 Å². The molecule has 1 aliphatic rings. The first-order valence-electron chi connectivity index (χ1n) is 5.28. The van der Waals surface area contributed by atoms with Crippen molar-refractivity contribution in [1.82, 2.24) is 4.90 Å². The normalized spacial score (nSPS) is 16.9. The molecule has 1 saturated heterocycles. The first kappa shape index (κ1) is 13.6. The van der Waals surface area contributed by atoms with Crippen molar-refractivity contribution in [3.05, 3.63) is 33.8 Å². The molecule has 2 rings (SSSR count). The molecule has 0 aliphatic carbocycles. The Labute approximate surface area is 114 Å². The standard InChI is InChI=1S/C11H10BrF2NO2S/c12-7-5-8(13)10(9(14)6-7)11(16)15-1-3-18(17)4-2-15/h5-6H,1-4H2. The third-order valence-electron chi connectivity index (χ3n) is 2.69. The molecule has 1 heterocycles. The first-order valence-corrected chi connectivity index (χ1v) is 7.56. The lowest BCUT2D eigenvalue weighted by Crippen LogP contribution is -2.42. The van der Waals surface area contributed by atoms with Crippen LogP contribution in [0.1, 0.15) is 10.4 Å². The van der Waals surface area contributed by atoms with Crippen LogP contribution in [-0.2, 0) is 10.8 Å². The quantitative estimate of drug-likeness (QED) is 0.785. The minimum atomic E-state index is -0.937. The number of rotatable bonds is 1. The number of hydrogen-bond donors (Lipinski definition) is 0. The smallest absolute Gasteiger partial charge is 0.259 e. The summed E-state index contributed by atoms with van der Waals surface area (Å²) in [5, 5.41) is 0. The molecule has 0 bridgehead atoms. The van der Waals surface area contributed by atoms with E-state index >= 15 is 0 Å². The molecule has 3 nitrogen and oxygen atoms in total. The molecular formula is C11H10BrF2NO2S. The van der Waals surface area contributed by atoms with Gasteiger partial charge in [0, 0.05) is 39.9 Å². The predicted octanol–water partition coefficient (Wildman–Crippen LogP) is 1.93. The van der Waals surface area contributed by atoms with Gasteiger partial charge in [0.25, 0.3) is 5.91 Å². The summed E-state index contributed by atoms with van der Waals surface area (Å²) >= 11 is 2.95. The van der Waals surface area contributed by atoms with Crippen LogP contribution in [0.4, 0.5) is 8.78 Å². The molecule has 1 amide bonds. The topological polar surface area (TPSA) is 37.4 Å². The van der Waals surface area contributed by atoms with Crippen molar-refractivity contribution in [2.45, 2.75) is 0 Å². The number of nitrogens with zero attached hydrogens (tertiary/aromatic N) is 1. The zero-order valence-corrected chi connectivity index (χ0v) is 11.7. The maximum Gasteiger partial charge on any atom is 0.259 e. The number of carbonyl (C=O) groups excluding carboxylic acids is 1. The van der Waals surface area contributed by atoms with Crippen molar-refractivity contribution in [2.24, 2.45) is 0 Å². The number of benzene rings is 1. The first-order chi connectivity index (χ1) is 8.49. The van der Waals surface area contributed by atoms with E-state index in [9.17, 15) is 17.8 Å². The molecule has 18 heavy (non-hydrogen) atoms. The molecule has 0 aromatic heterocycles. The van der Waals surface area contributed by atoms with Crippen LogP contribution < -0.4 is 0 Å². The molecular weight excluding hydrogens is 328 g/mol. The van der Waals surface area contributed by atoms with Crippen molar-refractivity contribution in [1.29, 1.82) is 0 Å². The highest BCUT2D eigenvalue weighted by Gasteiger charge is 2.26. The molecule has 1 aromatic carbocycles. The van der Waals surface area contributed by atoms with E-state index in [1.807, 2.05) is 0 Å². The van der Waals surface area contributed by atoms with Gasteiger partial charge in [0.05, 0.1) is 0 Å². The number of hydrogen-bond acceptors (Lipinski definition) is 2. The zero-order chi connectivity index (χ0) is 13.3. The van der Waals surface area contributed by atoms with Crippen LogP contribution in [0.5, 0.6) is 0 Å². The molecule has 0 atom stereocenters. The van der Waals surface area contributed by atoms with Gasteiger partial charge in [0.15, 0.2) is 0 Å². The molecule has 0 spiro atoms. The largest absolute Gasteiger partial charge is 0.337 e. The van der Waals surface area contributed by atoms with Crippen molar-refractivity contribution in [3.63, 3.8) is 0 Å². The van der Waals surface area contributed by atoms with Gasteiger partial charge in [-0.1, -0.05) is 15.9 Å². The third kappa shape index (κ3) is 2.77. The Bertz CT molecular complexity index is 491. The third-order valence-corrected chi connectivity index (χ3v) is 4.42. The van der Waals surface area contributed by atoms with Gasteiger partial charge in [-0.2, -0.15) is 0 Å². The van der Waals surface area contributed by atoms with E-state index in [0.29, 0.717) is 11.5 Å². The van der Waals surface area contributed by atoms with Crippen molar-refractivity contribution < 1.29 is 17.8 Å². The Kier molecular flexibility index (Phi) is 4.11. The minimum Gasteiger partial charge on any atom is -0.337 e. The Morgan fingerprint density at radius 2 is 1.72 bits per heavy atom. The van der Waals surface area contributed by atoms with Gasteiger partial charge in [-0.3, -0.25) is 9.00 Å². The highest BCUT2D eigenvalue weighted by molar-refractivity contribution is 9.10. The molecule has 0 unspecified atom stereocenters. The average Bonchev–Trinajstić information content (AvgIpc) is 2.28. The fourth-order valence-electron chi connectivity index (χ4n) is 1.75. The number of amides is 1. The van der Waals surface area contributed by atoms with Gasteiger partial charge >= 0.3 is 0 Å². The SMILES string of the molecule is O=C(c1c(F)cc(Br)cc1F)N1CCS(=O)CC1. The van der Waals surface area contributed by atoms with Crippen molar-refractivity contribution in [3.8, 4) is 0 Å². The van der Waals surface area contributed by atoms with Gasteiger partial charge in [0.2, 0.25) is 0 Å². The van der Waals surface area contributed by atoms with E-state index in [1.165, 1.54) is 4.90 Å². The summed E-state index contributed by atoms with van der Waals surface area (Å²) in [5.74, 6) is -1.76. The van der Waals surface area contributed by atoms with Crippen LogP contribution >= 0.6 is 15.9 Å². The lowest BCUT2D eigenvalue weighted by atomic mass is 10.1. The van der Waals surface area contributed by atoms with Gasteiger partial charge in [-0.15, -0.1) is 0 Å². The lowest BCUT2D eigenvalue weighted by Gasteiger charge is -2.26. The summed E-state index contributed by atoms with van der Waals surface area (Å²) in [4.78, 5) is 13.3. The highest BCUT2D eigenvalue weighted by Crippen LogP contribution is 2.21. The Morgan fingerprint density at radius 3 is 2.22 bits per heavy atom. The average molecular weight is 338 g/mol. The van der Waals surface area contributed by atoms with Crippen LogP contribution in [0.15, 0.2) is 16.6 Å². The Hall–Kier alpha value is -0.820. The van der Waals surface area contributed by atoms with Crippen molar-refractivity contribution >= 4 is 32.6 Å². The van der Waals surface area contributed by atoms with E-state index < -0.39 is 33.9 Å². The molecule has 1 aliphatic heterocycles. The van der Waals surface area contributed by atoms with Crippen molar-refractivity contribution in [2.75, 3.05) is 24.6 Å². The summed E-state index contributed by atoms with van der Waals surface area (Å²) in [7, 11) is -0.937. The Morgan fingerprint density at radius 1 is 1.22 bits per heavy atom. The van der Waals surface area contributed by atoms with Crippen LogP contribution in [0.25, 0.3) is 0 Å². The Balaban J connectivity index is 2.26. The predicted molar refractivity (Wildman–Crippen MR) is 67.8 cm³/mol. The molecule has 1 aromatic rings. The van der Waals surface area contributed by atoms with Crippen LogP contribution in [0, 0.1) is 11.6 Å². The lowest BCUT2D eigenvalue weighted by molar-refractivity contribution is 0.0761. The molecule has 0 saturated carbocycles. The molecule has 7 heteroatoms. The minimum absolute atomic E-state index is 0.244. The number of carbonyl (C=O) groups is 1. The van der Waals surface area contributed by atoms with Gasteiger partial charge in [-0.25, -0.2) is 8.78 Å². The van der Waals surface area contributed by atoms with E-state index in [1.54, 1.807) is 0 Å². The van der Waals surface area contributed by atoms with Gasteiger partial charge in [-0.05, 0) is 12.1 Å². The van der Waals surface area contributed by atoms with Gasteiger partial charge in [0.1, 0.15) is 17.2 Å². The summed E-state index contributed by atoms with van der Waals surface area (Å²) in [6.07, 6.45) is 0. The second kappa shape index (κ2) is 5.44. The fourth-order valence-corrected chi connectivity index (χ4v) is 3.20. The number of halogens is 3. The highest BCUT2D eigenvalue weighted by atomic mass is 79.9. The second-order valence-electron chi connectivity index (χ2n) is 3.88. The zero-order valence-electron chi connectivity index (χ0n) is 9.29. The summed E-state index contributed by atoms with van der Waals surface area (Å²) in [5.41, 5.74) is -0.550. The van der Waals surface area contributed by atoms with Gasteiger partial charge < -0.3 is 4.90 Å². The van der Waals surface area contributed by atoms with E-state index in [4.69, 9.17) is 0 Å². The maximum absolute atomic E-state index is 13.6. The summed E-state index contributed by atoms with van der Waals surface area (Å²) in [6, 6.07) is 2.11. The van der Waals surface area contributed by atoms with Crippen LogP contribution in [0.2, 0.25) is 0 Å². The summed E-state index contributed by atoms with van der Waals surface area (Å²) in [6.45, 7) is 0.529. The van der Waals surface area contributed by atoms with E-state index in [0.717, 1.165) is 12.1 Å². The summed E-state index contributed by atoms with van der Waals surface area (Å²) < 4.78 is 38.6. The maximum atomic E-state index is 13.6. The van der Waals surface area contributed by atoms with Crippen LogP contribution in [-0.4, -0.2) is 39.6 Å². The fraction of sp³-hybridized carbons (Fsp3) is 0.364. The molecule has 98 valence electrons. The monoisotopic (exact) mass is 337 g/mol. The van der Waals surface area contributed by atoms with Crippen LogP contribution in [0.3, 0.4) is 0 Å². The molecule has 1 fully saturated rings. The second-order valence-corrected chi connectivity index (χ2v) is 6.50. The molecule has 0 N–H and O–H groups in total.